The minimum Gasteiger partial charge on any atom is -0.497 e. The Balaban J connectivity index is 0.00000225. The monoisotopic (exact) mass is 245 g/mol. The van der Waals surface area contributed by atoms with Crippen molar-refractivity contribution in [3.05, 3.63) is 29.8 Å². The van der Waals surface area contributed by atoms with Gasteiger partial charge >= 0.3 is 5.97 Å². The smallest absolute Gasteiger partial charge is 0.319 e. The third kappa shape index (κ3) is 5.00. The molecule has 1 aromatic carbocycles. The molecule has 90 valence electrons. The van der Waals surface area contributed by atoms with Crippen LogP contribution in [0.5, 0.6) is 5.75 Å². The van der Waals surface area contributed by atoms with Crippen molar-refractivity contribution in [2.45, 2.75) is 6.54 Å². The average Bonchev–Trinajstić information content (AvgIpc) is 2.29. The number of hydrogen-bond donors (Lipinski definition) is 1. The maximum atomic E-state index is 10.8. The predicted octanol–water partition coefficient (Wildman–Crippen LogP) is 1.38. The lowest BCUT2D eigenvalue weighted by Gasteiger charge is -2.04. The van der Waals surface area contributed by atoms with Crippen LogP contribution >= 0.6 is 12.4 Å². The van der Waals surface area contributed by atoms with E-state index < -0.39 is 0 Å². The third-order valence-corrected chi connectivity index (χ3v) is 1.99. The number of carbonyl (C=O) groups excluding carboxylic acids is 1. The zero-order valence-electron chi connectivity index (χ0n) is 9.36. The zero-order chi connectivity index (χ0) is 11.1. The quantitative estimate of drug-likeness (QED) is 0.797. The van der Waals surface area contributed by atoms with Gasteiger partial charge in [0.25, 0.3) is 0 Å². The average molecular weight is 246 g/mol. The van der Waals surface area contributed by atoms with Crippen LogP contribution < -0.4 is 10.1 Å². The van der Waals surface area contributed by atoms with Crippen molar-refractivity contribution >= 4 is 18.4 Å². The molecule has 1 aromatic rings. The summed E-state index contributed by atoms with van der Waals surface area (Å²) in [7, 11) is 3.00. The predicted molar refractivity (Wildman–Crippen MR) is 64.0 cm³/mol. The van der Waals surface area contributed by atoms with Crippen molar-refractivity contribution in [3.63, 3.8) is 0 Å². The third-order valence-electron chi connectivity index (χ3n) is 1.99. The molecule has 0 aromatic heterocycles. The maximum absolute atomic E-state index is 10.8. The Labute approximate surface area is 101 Å². The van der Waals surface area contributed by atoms with Gasteiger partial charge in [-0.25, -0.2) is 0 Å². The van der Waals surface area contributed by atoms with Crippen molar-refractivity contribution in [2.24, 2.45) is 0 Å². The Morgan fingerprint density at radius 2 is 1.88 bits per heavy atom. The number of esters is 1. The van der Waals surface area contributed by atoms with Crippen LogP contribution in [0.3, 0.4) is 0 Å². The van der Waals surface area contributed by atoms with Crippen LogP contribution in [0.15, 0.2) is 24.3 Å². The van der Waals surface area contributed by atoms with E-state index in [4.69, 9.17) is 4.74 Å². The van der Waals surface area contributed by atoms with E-state index in [2.05, 4.69) is 10.1 Å². The van der Waals surface area contributed by atoms with Crippen LogP contribution in [0.2, 0.25) is 0 Å². The molecule has 0 aliphatic carbocycles. The first-order valence-corrected chi connectivity index (χ1v) is 4.66. The highest BCUT2D eigenvalue weighted by Crippen LogP contribution is 2.10. The molecule has 0 heterocycles. The molecule has 0 atom stereocenters. The van der Waals surface area contributed by atoms with Crippen molar-refractivity contribution < 1.29 is 14.3 Å². The lowest BCUT2D eigenvalue weighted by molar-refractivity contribution is -0.139. The minimum atomic E-state index is -0.261. The van der Waals surface area contributed by atoms with Gasteiger partial charge in [-0.2, -0.15) is 0 Å². The fourth-order valence-electron chi connectivity index (χ4n) is 1.12. The Morgan fingerprint density at radius 3 is 2.38 bits per heavy atom. The number of halogens is 1. The number of nitrogens with one attached hydrogen (secondary N) is 1. The van der Waals surface area contributed by atoms with Gasteiger partial charge in [-0.15, -0.1) is 12.4 Å². The second kappa shape index (κ2) is 7.96. The molecule has 0 fully saturated rings. The first-order chi connectivity index (χ1) is 7.26. The highest BCUT2D eigenvalue weighted by atomic mass is 35.5. The molecular formula is C11H16ClNO3. The summed E-state index contributed by atoms with van der Waals surface area (Å²) in [6, 6.07) is 7.66. The summed E-state index contributed by atoms with van der Waals surface area (Å²) in [6.45, 7) is 0.863. The zero-order valence-corrected chi connectivity index (χ0v) is 10.2. The van der Waals surface area contributed by atoms with Gasteiger partial charge in [0.15, 0.2) is 0 Å². The van der Waals surface area contributed by atoms with E-state index in [0.29, 0.717) is 6.54 Å². The van der Waals surface area contributed by atoms with E-state index in [1.54, 1.807) is 7.11 Å². The second-order valence-electron chi connectivity index (χ2n) is 3.03. The summed E-state index contributed by atoms with van der Waals surface area (Å²) in [4.78, 5) is 10.8. The van der Waals surface area contributed by atoms with Crippen LogP contribution in [-0.2, 0) is 16.1 Å². The molecular weight excluding hydrogens is 230 g/mol. The summed E-state index contributed by atoms with van der Waals surface area (Å²) in [6.07, 6.45) is 0. The van der Waals surface area contributed by atoms with Gasteiger partial charge in [0.05, 0.1) is 20.8 Å². The summed E-state index contributed by atoms with van der Waals surface area (Å²) in [5.74, 6) is 0.565. The normalized spacial score (nSPS) is 9.12. The van der Waals surface area contributed by atoms with Crippen molar-refractivity contribution in [2.75, 3.05) is 20.8 Å². The molecule has 0 saturated heterocycles. The van der Waals surface area contributed by atoms with Gasteiger partial charge in [0.1, 0.15) is 5.75 Å². The molecule has 0 aliphatic rings. The number of hydrogen-bond acceptors (Lipinski definition) is 4. The van der Waals surface area contributed by atoms with Gasteiger partial charge in [-0.1, -0.05) is 12.1 Å². The molecule has 16 heavy (non-hydrogen) atoms. The minimum absolute atomic E-state index is 0. The first-order valence-electron chi connectivity index (χ1n) is 4.66. The van der Waals surface area contributed by atoms with Crippen LogP contribution in [0, 0.1) is 0 Å². The second-order valence-corrected chi connectivity index (χ2v) is 3.03. The molecule has 4 nitrogen and oxygen atoms in total. The van der Waals surface area contributed by atoms with Crippen molar-refractivity contribution in [1.82, 2.24) is 5.32 Å². The molecule has 1 rings (SSSR count). The van der Waals surface area contributed by atoms with Gasteiger partial charge in [0.2, 0.25) is 0 Å². The highest BCUT2D eigenvalue weighted by molar-refractivity contribution is 5.85. The van der Waals surface area contributed by atoms with E-state index in [-0.39, 0.29) is 24.9 Å². The van der Waals surface area contributed by atoms with Crippen molar-refractivity contribution in [3.8, 4) is 5.75 Å². The Morgan fingerprint density at radius 1 is 1.25 bits per heavy atom. The lowest BCUT2D eigenvalue weighted by Crippen LogP contribution is -2.23. The SMILES string of the molecule is COC(=O)CNCc1ccc(OC)cc1.Cl. The number of rotatable bonds is 5. The fraction of sp³-hybridized carbons (Fsp3) is 0.364. The molecule has 0 saturated carbocycles. The Kier molecular flexibility index (Phi) is 7.33. The first kappa shape index (κ1) is 14.7. The van der Waals surface area contributed by atoms with E-state index in [1.807, 2.05) is 24.3 Å². The molecule has 5 heteroatoms. The van der Waals surface area contributed by atoms with E-state index in [0.717, 1.165) is 11.3 Å². The molecule has 0 unspecified atom stereocenters. The summed E-state index contributed by atoms with van der Waals surface area (Å²) >= 11 is 0. The fourth-order valence-corrected chi connectivity index (χ4v) is 1.12. The molecule has 0 bridgehead atoms. The van der Waals surface area contributed by atoms with Crippen LogP contribution in [0.25, 0.3) is 0 Å². The van der Waals surface area contributed by atoms with Gasteiger partial charge in [0, 0.05) is 6.54 Å². The van der Waals surface area contributed by atoms with Crippen LogP contribution in [-0.4, -0.2) is 26.7 Å². The summed E-state index contributed by atoms with van der Waals surface area (Å²) in [5.41, 5.74) is 1.10. The van der Waals surface area contributed by atoms with E-state index in [9.17, 15) is 4.79 Å². The maximum Gasteiger partial charge on any atom is 0.319 e. The standard InChI is InChI=1S/C11H15NO3.ClH/c1-14-10-5-3-9(4-6-10)7-12-8-11(13)15-2;/h3-6,12H,7-8H2,1-2H3;1H. The Bertz CT molecular complexity index is 314. The van der Waals surface area contributed by atoms with E-state index >= 15 is 0 Å². The molecule has 1 N–H and O–H groups in total. The van der Waals surface area contributed by atoms with Crippen LogP contribution in [0.4, 0.5) is 0 Å². The number of benzene rings is 1. The highest BCUT2D eigenvalue weighted by Gasteiger charge is 1.99. The molecule has 0 amide bonds. The summed E-state index contributed by atoms with van der Waals surface area (Å²) < 4.78 is 9.54. The van der Waals surface area contributed by atoms with E-state index in [1.165, 1.54) is 7.11 Å². The number of ether oxygens (including phenoxy) is 2. The summed E-state index contributed by atoms with van der Waals surface area (Å²) in [5, 5.41) is 2.97. The topological polar surface area (TPSA) is 47.6 Å². The lowest BCUT2D eigenvalue weighted by atomic mass is 10.2. The van der Waals surface area contributed by atoms with Gasteiger partial charge in [-0.05, 0) is 17.7 Å². The molecule has 0 spiro atoms. The van der Waals surface area contributed by atoms with Gasteiger partial charge in [-0.3, -0.25) is 4.79 Å². The number of carbonyl (C=O) groups is 1. The van der Waals surface area contributed by atoms with Crippen molar-refractivity contribution in [1.29, 1.82) is 0 Å². The Hall–Kier alpha value is -1.26. The van der Waals surface area contributed by atoms with Gasteiger partial charge < -0.3 is 14.8 Å². The molecule has 0 aliphatic heterocycles. The molecule has 0 radical (unpaired) electrons. The van der Waals surface area contributed by atoms with Crippen LogP contribution in [0.1, 0.15) is 5.56 Å². The largest absolute Gasteiger partial charge is 0.497 e. The number of methoxy groups -OCH3 is 2.